The fourth-order valence-electron chi connectivity index (χ4n) is 4.00. The fraction of sp³-hybridized carbons (Fsp3) is 0.214. The molecule has 0 saturated carbocycles. The van der Waals surface area contributed by atoms with Crippen LogP contribution in [0.1, 0.15) is 27.0 Å². The van der Waals surface area contributed by atoms with Crippen LogP contribution in [0.3, 0.4) is 0 Å². The Morgan fingerprint density at radius 2 is 1.59 bits per heavy atom. The zero-order valence-electron chi connectivity index (χ0n) is 19.5. The molecule has 1 aromatic heterocycles. The van der Waals surface area contributed by atoms with Gasteiger partial charge in [-0.05, 0) is 37.6 Å². The van der Waals surface area contributed by atoms with E-state index in [4.69, 9.17) is 0 Å². The molecule has 4 aromatic rings. The molecule has 0 bridgehead atoms. The summed E-state index contributed by atoms with van der Waals surface area (Å²) in [5, 5.41) is 7.12. The lowest BCUT2D eigenvalue weighted by atomic mass is 10.1. The molecule has 0 aliphatic rings. The number of hydrogen-bond acceptors (Lipinski definition) is 3. The first kappa shape index (κ1) is 23.6. The van der Waals surface area contributed by atoms with Crippen molar-refractivity contribution >= 4 is 34.5 Å². The van der Waals surface area contributed by atoms with Gasteiger partial charge in [0.15, 0.2) is 0 Å². The predicted molar refractivity (Wildman–Crippen MR) is 139 cm³/mol. The minimum atomic E-state index is -0.0621. The molecular weight excluding hydrogens is 442 g/mol. The van der Waals surface area contributed by atoms with Crippen LogP contribution < -0.4 is 10.6 Å². The van der Waals surface area contributed by atoms with Crippen LogP contribution in [0.5, 0.6) is 0 Å². The summed E-state index contributed by atoms with van der Waals surface area (Å²) in [5.74, 6) is 0.295. The number of para-hydroxylation sites is 1. The Bertz CT molecular complexity index is 1280. The predicted octanol–water partition coefficient (Wildman–Crippen LogP) is 5.10. The monoisotopic (exact) mass is 471 g/mol. The van der Waals surface area contributed by atoms with Crippen LogP contribution in [-0.2, 0) is 17.9 Å². The summed E-state index contributed by atoms with van der Waals surface area (Å²) in [5.41, 5.74) is 5.02. The van der Waals surface area contributed by atoms with E-state index in [1.165, 1.54) is 11.8 Å². The second-order valence-corrected chi connectivity index (χ2v) is 9.40. The number of thioether (sulfide) groups is 1. The van der Waals surface area contributed by atoms with Gasteiger partial charge in [0.2, 0.25) is 5.91 Å². The fourth-order valence-corrected chi connectivity index (χ4v) is 4.92. The third kappa shape index (κ3) is 6.08. The number of carbonyl (C=O) groups is 2. The SMILES string of the molecule is Cc1cc(C)cc(C(=O)NCCn2cc(SCC(=O)NCc3ccccc3)c3ccccc32)c1. The van der Waals surface area contributed by atoms with Crippen LogP contribution in [0.4, 0.5) is 0 Å². The van der Waals surface area contributed by atoms with Crippen LogP contribution in [-0.4, -0.2) is 28.7 Å². The Morgan fingerprint density at radius 1 is 0.882 bits per heavy atom. The topological polar surface area (TPSA) is 63.1 Å². The third-order valence-corrected chi connectivity index (χ3v) is 6.61. The van der Waals surface area contributed by atoms with Gasteiger partial charge < -0.3 is 15.2 Å². The number of aryl methyl sites for hydroxylation is 2. The van der Waals surface area contributed by atoms with Crippen molar-refractivity contribution in [3.63, 3.8) is 0 Å². The minimum Gasteiger partial charge on any atom is -0.351 e. The van der Waals surface area contributed by atoms with E-state index in [9.17, 15) is 9.59 Å². The van der Waals surface area contributed by atoms with E-state index in [0.29, 0.717) is 31.0 Å². The lowest BCUT2D eigenvalue weighted by Gasteiger charge is -2.09. The molecule has 6 heteroatoms. The number of rotatable bonds is 9. The molecule has 0 spiro atoms. The van der Waals surface area contributed by atoms with E-state index in [2.05, 4.69) is 39.6 Å². The number of fused-ring (bicyclic) bond motifs is 1. The van der Waals surface area contributed by atoms with Gasteiger partial charge >= 0.3 is 0 Å². The van der Waals surface area contributed by atoms with Gasteiger partial charge in [-0.3, -0.25) is 9.59 Å². The van der Waals surface area contributed by atoms with Gasteiger partial charge in [-0.2, -0.15) is 0 Å². The minimum absolute atomic E-state index is 0.00592. The molecule has 0 aliphatic carbocycles. The highest BCUT2D eigenvalue weighted by Crippen LogP contribution is 2.29. The van der Waals surface area contributed by atoms with Crippen molar-refractivity contribution in [1.29, 1.82) is 0 Å². The zero-order valence-corrected chi connectivity index (χ0v) is 20.3. The molecule has 0 fully saturated rings. The second kappa shape index (κ2) is 11.1. The number of hydrogen-bond donors (Lipinski definition) is 2. The Hall–Kier alpha value is -3.51. The van der Waals surface area contributed by atoms with Crippen molar-refractivity contribution in [1.82, 2.24) is 15.2 Å². The van der Waals surface area contributed by atoms with Crippen LogP contribution in [0.25, 0.3) is 10.9 Å². The molecule has 5 nitrogen and oxygen atoms in total. The highest BCUT2D eigenvalue weighted by Gasteiger charge is 2.12. The number of nitrogens with one attached hydrogen (secondary N) is 2. The van der Waals surface area contributed by atoms with Crippen molar-refractivity contribution < 1.29 is 9.59 Å². The maximum Gasteiger partial charge on any atom is 0.251 e. The molecule has 34 heavy (non-hydrogen) atoms. The Morgan fingerprint density at radius 3 is 2.35 bits per heavy atom. The molecule has 4 rings (SSSR count). The molecule has 0 aliphatic heterocycles. The van der Waals surface area contributed by atoms with Gasteiger partial charge in [0.1, 0.15) is 0 Å². The Kier molecular flexibility index (Phi) is 7.70. The number of carbonyl (C=O) groups excluding carboxylic acids is 2. The summed E-state index contributed by atoms with van der Waals surface area (Å²) in [6.45, 7) is 5.69. The van der Waals surface area contributed by atoms with E-state index < -0.39 is 0 Å². The van der Waals surface area contributed by atoms with Crippen LogP contribution in [0.2, 0.25) is 0 Å². The van der Waals surface area contributed by atoms with Crippen LogP contribution in [0, 0.1) is 13.8 Å². The molecule has 0 unspecified atom stereocenters. The number of nitrogens with zero attached hydrogens (tertiary/aromatic N) is 1. The molecule has 174 valence electrons. The second-order valence-electron chi connectivity index (χ2n) is 8.39. The number of aromatic nitrogens is 1. The lowest BCUT2D eigenvalue weighted by Crippen LogP contribution is -2.27. The van der Waals surface area contributed by atoms with E-state index in [0.717, 1.165) is 32.5 Å². The number of benzene rings is 3. The summed E-state index contributed by atoms with van der Waals surface area (Å²) in [6.07, 6.45) is 2.07. The molecule has 0 saturated heterocycles. The molecule has 0 radical (unpaired) electrons. The van der Waals surface area contributed by atoms with Gasteiger partial charge in [0.05, 0.1) is 5.75 Å². The van der Waals surface area contributed by atoms with E-state index in [1.54, 1.807) is 0 Å². The summed E-state index contributed by atoms with van der Waals surface area (Å²) in [7, 11) is 0. The first-order valence-electron chi connectivity index (χ1n) is 11.4. The van der Waals surface area contributed by atoms with Gasteiger partial charge in [-0.25, -0.2) is 0 Å². The Labute approximate surface area is 204 Å². The summed E-state index contributed by atoms with van der Waals surface area (Å²) >= 11 is 1.53. The van der Waals surface area contributed by atoms with E-state index >= 15 is 0 Å². The van der Waals surface area contributed by atoms with Crippen LogP contribution in [0.15, 0.2) is 83.9 Å². The first-order chi connectivity index (χ1) is 16.5. The molecule has 1 heterocycles. The standard InChI is InChI=1S/C28H29N3O2S/c1-20-14-21(2)16-23(15-20)28(33)29-12-13-31-18-26(24-10-6-7-11-25(24)31)34-19-27(32)30-17-22-8-4-3-5-9-22/h3-11,14-16,18H,12-13,17,19H2,1-2H3,(H,29,33)(H,30,32). The molecule has 3 aromatic carbocycles. The van der Waals surface area contributed by atoms with Crippen molar-refractivity contribution in [3.05, 3.63) is 101 Å². The van der Waals surface area contributed by atoms with Gasteiger partial charge in [0.25, 0.3) is 5.91 Å². The van der Waals surface area contributed by atoms with E-state index in [1.807, 2.05) is 68.4 Å². The highest BCUT2D eigenvalue weighted by atomic mass is 32.2. The van der Waals surface area contributed by atoms with Gasteiger partial charge in [-0.1, -0.05) is 65.7 Å². The highest BCUT2D eigenvalue weighted by molar-refractivity contribution is 8.00. The largest absolute Gasteiger partial charge is 0.351 e. The maximum absolute atomic E-state index is 12.6. The molecule has 2 N–H and O–H groups in total. The quantitative estimate of drug-likeness (QED) is 0.334. The summed E-state index contributed by atoms with van der Waals surface area (Å²) in [4.78, 5) is 26.0. The van der Waals surface area contributed by atoms with Gasteiger partial charge in [-0.15, -0.1) is 11.8 Å². The van der Waals surface area contributed by atoms with Crippen molar-refractivity contribution in [2.45, 2.75) is 31.8 Å². The normalized spacial score (nSPS) is 10.9. The smallest absolute Gasteiger partial charge is 0.251 e. The van der Waals surface area contributed by atoms with Crippen LogP contribution >= 0.6 is 11.8 Å². The average molecular weight is 472 g/mol. The lowest BCUT2D eigenvalue weighted by molar-refractivity contribution is -0.118. The first-order valence-corrected chi connectivity index (χ1v) is 12.4. The summed E-state index contributed by atoms with van der Waals surface area (Å²) < 4.78 is 2.14. The van der Waals surface area contributed by atoms with Crippen molar-refractivity contribution in [2.75, 3.05) is 12.3 Å². The van der Waals surface area contributed by atoms with Crippen molar-refractivity contribution in [2.24, 2.45) is 0 Å². The Balaban J connectivity index is 1.35. The maximum atomic E-state index is 12.6. The van der Waals surface area contributed by atoms with Crippen molar-refractivity contribution in [3.8, 4) is 0 Å². The molecular formula is C28H29N3O2S. The average Bonchev–Trinajstić information content (AvgIpc) is 3.19. The zero-order chi connectivity index (χ0) is 23.9. The summed E-state index contributed by atoms with van der Waals surface area (Å²) in [6, 6.07) is 23.9. The van der Waals surface area contributed by atoms with E-state index in [-0.39, 0.29) is 11.8 Å². The van der Waals surface area contributed by atoms with Gasteiger partial charge in [0, 0.05) is 47.2 Å². The number of amides is 2. The third-order valence-electron chi connectivity index (χ3n) is 5.57. The molecule has 0 atom stereocenters. The molecule has 2 amide bonds.